The standard InChI is InChI=1S/C25H36N4O2/c1-4-26-25(28-18-22-6-5-7-24(16-22)31-3)27-17-20-12-14-29(15-13-20)19-21-8-10-23(30-2)11-9-21/h5-11,16,20H,4,12-15,17-19H2,1-3H3,(H2,26,27,28). The normalized spacial score (nSPS) is 15.5. The molecule has 2 N–H and O–H groups in total. The van der Waals surface area contributed by atoms with Crippen molar-refractivity contribution in [2.24, 2.45) is 10.9 Å². The van der Waals surface area contributed by atoms with Gasteiger partial charge in [-0.1, -0.05) is 24.3 Å². The van der Waals surface area contributed by atoms with Gasteiger partial charge in [-0.2, -0.15) is 0 Å². The largest absolute Gasteiger partial charge is 0.497 e. The second-order valence-electron chi connectivity index (χ2n) is 8.00. The summed E-state index contributed by atoms with van der Waals surface area (Å²) in [7, 11) is 3.40. The van der Waals surface area contributed by atoms with Crippen LogP contribution in [0.4, 0.5) is 0 Å². The monoisotopic (exact) mass is 424 g/mol. The average Bonchev–Trinajstić information content (AvgIpc) is 2.82. The third-order valence-electron chi connectivity index (χ3n) is 5.73. The van der Waals surface area contributed by atoms with Crippen LogP contribution in [-0.4, -0.2) is 51.3 Å². The van der Waals surface area contributed by atoms with Gasteiger partial charge < -0.3 is 20.1 Å². The number of hydrogen-bond donors (Lipinski definition) is 2. The highest BCUT2D eigenvalue weighted by Gasteiger charge is 2.19. The summed E-state index contributed by atoms with van der Waals surface area (Å²) in [6, 6.07) is 16.5. The predicted octanol–water partition coefficient (Wildman–Crippen LogP) is 3.67. The molecule has 1 fully saturated rings. The van der Waals surface area contributed by atoms with Crippen LogP contribution in [0.2, 0.25) is 0 Å². The van der Waals surface area contributed by atoms with E-state index in [1.807, 2.05) is 30.3 Å². The van der Waals surface area contributed by atoms with Crippen molar-refractivity contribution in [2.75, 3.05) is 40.4 Å². The lowest BCUT2D eigenvalue weighted by molar-refractivity contribution is 0.178. The minimum atomic E-state index is 0.632. The maximum atomic E-state index is 5.30. The molecule has 0 saturated carbocycles. The number of likely N-dealkylation sites (tertiary alicyclic amines) is 1. The van der Waals surface area contributed by atoms with Crippen molar-refractivity contribution in [3.8, 4) is 11.5 Å². The fraction of sp³-hybridized carbons (Fsp3) is 0.480. The quantitative estimate of drug-likeness (QED) is 0.475. The van der Waals surface area contributed by atoms with Gasteiger partial charge in [-0.3, -0.25) is 4.90 Å². The molecule has 1 heterocycles. The van der Waals surface area contributed by atoms with Crippen molar-refractivity contribution in [1.29, 1.82) is 0 Å². The van der Waals surface area contributed by atoms with E-state index < -0.39 is 0 Å². The third-order valence-corrected chi connectivity index (χ3v) is 5.73. The zero-order valence-electron chi connectivity index (χ0n) is 19.1. The summed E-state index contributed by atoms with van der Waals surface area (Å²) in [5, 5.41) is 6.90. The van der Waals surface area contributed by atoms with Crippen LogP contribution in [0.1, 0.15) is 30.9 Å². The Morgan fingerprint density at radius 1 is 0.968 bits per heavy atom. The van der Waals surface area contributed by atoms with Crippen LogP contribution in [0.15, 0.2) is 53.5 Å². The smallest absolute Gasteiger partial charge is 0.191 e. The molecule has 2 aromatic carbocycles. The molecule has 0 aromatic heterocycles. The number of rotatable bonds is 9. The Morgan fingerprint density at radius 2 is 1.71 bits per heavy atom. The zero-order chi connectivity index (χ0) is 21.9. The molecule has 3 rings (SSSR count). The molecule has 2 aromatic rings. The first-order valence-electron chi connectivity index (χ1n) is 11.2. The van der Waals surface area contributed by atoms with Gasteiger partial charge in [0.15, 0.2) is 5.96 Å². The number of aliphatic imine (C=N–C) groups is 1. The molecule has 1 aliphatic rings. The lowest BCUT2D eigenvalue weighted by Crippen LogP contribution is -2.42. The fourth-order valence-electron chi connectivity index (χ4n) is 3.86. The number of guanidine groups is 1. The van der Waals surface area contributed by atoms with E-state index in [0.717, 1.165) is 55.7 Å². The van der Waals surface area contributed by atoms with E-state index >= 15 is 0 Å². The molecule has 31 heavy (non-hydrogen) atoms. The number of ether oxygens (including phenoxy) is 2. The molecule has 0 spiro atoms. The molecule has 0 atom stereocenters. The van der Waals surface area contributed by atoms with Crippen LogP contribution in [0.25, 0.3) is 0 Å². The van der Waals surface area contributed by atoms with E-state index in [1.54, 1.807) is 14.2 Å². The highest BCUT2D eigenvalue weighted by Crippen LogP contribution is 2.20. The Hall–Kier alpha value is -2.73. The van der Waals surface area contributed by atoms with Crippen LogP contribution < -0.4 is 20.1 Å². The molecular formula is C25H36N4O2. The number of nitrogens with one attached hydrogen (secondary N) is 2. The number of benzene rings is 2. The number of nitrogens with zero attached hydrogens (tertiary/aromatic N) is 2. The predicted molar refractivity (Wildman–Crippen MR) is 127 cm³/mol. The van der Waals surface area contributed by atoms with Gasteiger partial charge in [0.1, 0.15) is 11.5 Å². The highest BCUT2D eigenvalue weighted by atomic mass is 16.5. The molecule has 0 aliphatic carbocycles. The second-order valence-corrected chi connectivity index (χ2v) is 8.00. The van der Waals surface area contributed by atoms with Gasteiger partial charge in [-0.25, -0.2) is 4.99 Å². The van der Waals surface area contributed by atoms with Crippen molar-refractivity contribution in [1.82, 2.24) is 15.5 Å². The Balaban J connectivity index is 1.43. The summed E-state index contributed by atoms with van der Waals surface area (Å²) in [6.45, 7) is 7.82. The minimum Gasteiger partial charge on any atom is -0.497 e. The molecule has 6 nitrogen and oxygen atoms in total. The van der Waals surface area contributed by atoms with Crippen molar-refractivity contribution in [3.05, 3.63) is 59.7 Å². The number of hydrogen-bond acceptors (Lipinski definition) is 4. The first-order valence-corrected chi connectivity index (χ1v) is 11.2. The van der Waals surface area contributed by atoms with Gasteiger partial charge in [0, 0.05) is 19.6 Å². The van der Waals surface area contributed by atoms with Gasteiger partial charge in [-0.05, 0) is 74.2 Å². The second kappa shape index (κ2) is 12.2. The molecule has 1 saturated heterocycles. The summed E-state index contributed by atoms with van der Waals surface area (Å²) in [6.07, 6.45) is 2.41. The lowest BCUT2D eigenvalue weighted by atomic mass is 9.96. The number of piperidine rings is 1. The molecule has 1 aliphatic heterocycles. The van der Waals surface area contributed by atoms with Crippen LogP contribution >= 0.6 is 0 Å². The Bertz CT molecular complexity index is 815. The van der Waals surface area contributed by atoms with Crippen molar-refractivity contribution in [2.45, 2.75) is 32.9 Å². The Morgan fingerprint density at radius 3 is 2.39 bits per heavy atom. The van der Waals surface area contributed by atoms with Gasteiger partial charge in [0.05, 0.1) is 20.8 Å². The molecule has 0 radical (unpaired) electrons. The maximum Gasteiger partial charge on any atom is 0.191 e. The molecule has 0 bridgehead atoms. The summed E-state index contributed by atoms with van der Waals surface area (Å²) >= 11 is 0. The van der Waals surface area contributed by atoms with Crippen molar-refractivity contribution < 1.29 is 9.47 Å². The van der Waals surface area contributed by atoms with Gasteiger partial charge in [0.2, 0.25) is 0 Å². The van der Waals surface area contributed by atoms with Gasteiger partial charge in [0.25, 0.3) is 0 Å². The molecular weight excluding hydrogens is 388 g/mol. The highest BCUT2D eigenvalue weighted by molar-refractivity contribution is 5.79. The van der Waals surface area contributed by atoms with E-state index in [-0.39, 0.29) is 0 Å². The summed E-state index contributed by atoms with van der Waals surface area (Å²) in [5.74, 6) is 3.34. The topological polar surface area (TPSA) is 58.1 Å². The Labute approximate surface area is 186 Å². The molecule has 0 amide bonds. The third kappa shape index (κ3) is 7.47. The summed E-state index contributed by atoms with van der Waals surface area (Å²) in [5.41, 5.74) is 2.49. The SMILES string of the molecule is CCNC(=NCc1cccc(OC)c1)NCC1CCN(Cc2ccc(OC)cc2)CC1. The molecule has 168 valence electrons. The van der Waals surface area contributed by atoms with E-state index in [1.165, 1.54) is 18.4 Å². The molecule has 0 unspecified atom stereocenters. The van der Waals surface area contributed by atoms with Gasteiger partial charge >= 0.3 is 0 Å². The van der Waals surface area contributed by atoms with Gasteiger partial charge in [-0.15, -0.1) is 0 Å². The van der Waals surface area contributed by atoms with Crippen LogP contribution in [-0.2, 0) is 13.1 Å². The fourth-order valence-corrected chi connectivity index (χ4v) is 3.86. The van der Waals surface area contributed by atoms with E-state index in [9.17, 15) is 0 Å². The van der Waals surface area contributed by atoms with E-state index in [4.69, 9.17) is 14.5 Å². The van der Waals surface area contributed by atoms with Crippen LogP contribution in [0.5, 0.6) is 11.5 Å². The minimum absolute atomic E-state index is 0.632. The summed E-state index contributed by atoms with van der Waals surface area (Å²) in [4.78, 5) is 7.29. The van der Waals surface area contributed by atoms with Crippen molar-refractivity contribution >= 4 is 5.96 Å². The lowest BCUT2D eigenvalue weighted by Gasteiger charge is -2.32. The Kier molecular flexibility index (Phi) is 9.03. The average molecular weight is 425 g/mol. The summed E-state index contributed by atoms with van der Waals surface area (Å²) < 4.78 is 10.6. The van der Waals surface area contributed by atoms with E-state index in [2.05, 4.69) is 40.7 Å². The maximum absolute atomic E-state index is 5.30. The first-order chi connectivity index (χ1) is 15.2. The zero-order valence-corrected chi connectivity index (χ0v) is 19.1. The van der Waals surface area contributed by atoms with E-state index in [0.29, 0.717) is 12.5 Å². The van der Waals surface area contributed by atoms with Crippen molar-refractivity contribution in [3.63, 3.8) is 0 Å². The van der Waals surface area contributed by atoms with Crippen LogP contribution in [0, 0.1) is 5.92 Å². The molecule has 6 heteroatoms. The first kappa shape index (κ1) is 22.9. The van der Waals surface area contributed by atoms with Crippen LogP contribution in [0.3, 0.4) is 0 Å². The number of methoxy groups -OCH3 is 2.